The number of β-amino-alcohol motifs (C(OH)–C–C–N with tert-alkyl or cyclic N) is 1. The lowest BCUT2D eigenvalue weighted by Gasteiger charge is -2.35. The van der Waals surface area contributed by atoms with Crippen LogP contribution >= 0.6 is 0 Å². The molecule has 0 amide bonds. The van der Waals surface area contributed by atoms with Gasteiger partial charge in [0, 0.05) is 44.4 Å². The van der Waals surface area contributed by atoms with E-state index in [-0.39, 0.29) is 12.6 Å². The number of hydrogen-bond acceptors (Lipinski definition) is 8. The SMILES string of the molecule is C/C=C\C1=CC(Nc2cc(N3CCN(CCO)CC3)nc(Oc3c(F)cc4c(c3F)C=C(C)C4)n2)=NC1. The molecule has 0 spiro atoms. The van der Waals surface area contributed by atoms with Crippen molar-refractivity contribution in [2.75, 3.05) is 56.1 Å². The summed E-state index contributed by atoms with van der Waals surface area (Å²) in [5, 5.41) is 12.4. The minimum absolute atomic E-state index is 0.108. The van der Waals surface area contributed by atoms with E-state index in [0.717, 1.165) is 24.2 Å². The van der Waals surface area contributed by atoms with E-state index >= 15 is 4.39 Å². The Morgan fingerprint density at radius 1 is 1.14 bits per heavy atom. The third-order valence-electron chi connectivity index (χ3n) is 6.55. The van der Waals surface area contributed by atoms with E-state index in [4.69, 9.17) is 4.74 Å². The minimum atomic E-state index is -0.792. The molecule has 2 aromatic rings. The predicted molar refractivity (Wildman–Crippen MR) is 140 cm³/mol. The fourth-order valence-corrected chi connectivity index (χ4v) is 4.74. The topological polar surface area (TPSA) is 86.1 Å². The van der Waals surface area contributed by atoms with Crippen LogP contribution in [0.5, 0.6) is 11.8 Å². The average molecular weight is 509 g/mol. The molecule has 3 heterocycles. The van der Waals surface area contributed by atoms with E-state index < -0.39 is 17.4 Å². The van der Waals surface area contributed by atoms with Crippen molar-refractivity contribution in [3.8, 4) is 11.8 Å². The number of allylic oxidation sites excluding steroid dienone is 2. The highest BCUT2D eigenvalue weighted by Gasteiger charge is 2.25. The number of hydrogen-bond donors (Lipinski definition) is 2. The second kappa shape index (κ2) is 10.8. The Morgan fingerprint density at radius 2 is 1.95 bits per heavy atom. The van der Waals surface area contributed by atoms with Crippen LogP contribution in [0.3, 0.4) is 0 Å². The summed E-state index contributed by atoms with van der Waals surface area (Å²) in [6, 6.07) is 2.93. The predicted octanol–water partition coefficient (Wildman–Crippen LogP) is 3.95. The lowest BCUT2D eigenvalue weighted by molar-refractivity contribution is 0.188. The number of rotatable bonds is 7. The van der Waals surface area contributed by atoms with Crippen LogP contribution in [0.4, 0.5) is 20.4 Å². The third-order valence-corrected chi connectivity index (χ3v) is 6.55. The highest BCUT2D eigenvalue weighted by Crippen LogP contribution is 2.36. The first-order chi connectivity index (χ1) is 17.9. The molecule has 1 aromatic carbocycles. The molecule has 1 aliphatic carbocycles. The van der Waals surface area contributed by atoms with Crippen LogP contribution in [0.25, 0.3) is 6.08 Å². The largest absolute Gasteiger partial charge is 0.418 e. The van der Waals surface area contributed by atoms with Crippen LogP contribution in [0, 0.1) is 11.6 Å². The Labute approximate surface area is 214 Å². The number of amidine groups is 1. The number of ether oxygens (including phenoxy) is 1. The molecule has 1 saturated heterocycles. The highest BCUT2D eigenvalue weighted by molar-refractivity contribution is 6.05. The van der Waals surface area contributed by atoms with Gasteiger partial charge < -0.3 is 20.1 Å². The van der Waals surface area contributed by atoms with Gasteiger partial charge in [0.1, 0.15) is 17.5 Å². The lowest BCUT2D eigenvalue weighted by atomic mass is 10.1. The summed E-state index contributed by atoms with van der Waals surface area (Å²) >= 11 is 0. The number of aliphatic hydroxyl groups is 1. The Balaban J connectivity index is 1.45. The quantitative estimate of drug-likeness (QED) is 0.586. The number of benzene rings is 1. The molecule has 194 valence electrons. The van der Waals surface area contributed by atoms with Gasteiger partial charge in [0.25, 0.3) is 0 Å². The van der Waals surface area contributed by atoms with Crippen molar-refractivity contribution in [1.82, 2.24) is 14.9 Å². The van der Waals surface area contributed by atoms with Crippen LogP contribution in [0.1, 0.15) is 25.0 Å². The number of aliphatic hydroxyl groups excluding tert-OH is 1. The smallest absolute Gasteiger partial charge is 0.326 e. The van der Waals surface area contributed by atoms with Crippen molar-refractivity contribution >= 4 is 23.5 Å². The zero-order chi connectivity index (χ0) is 25.9. The number of nitrogens with one attached hydrogen (secondary N) is 1. The van der Waals surface area contributed by atoms with E-state index in [0.29, 0.717) is 61.2 Å². The van der Waals surface area contributed by atoms with Gasteiger partial charge in [0.05, 0.1) is 13.2 Å². The maximum Gasteiger partial charge on any atom is 0.326 e. The molecule has 8 nitrogen and oxygen atoms in total. The first kappa shape index (κ1) is 25.0. The average Bonchev–Trinajstić information content (AvgIpc) is 3.48. The molecule has 1 fully saturated rings. The van der Waals surface area contributed by atoms with Crippen molar-refractivity contribution in [3.63, 3.8) is 0 Å². The molecule has 37 heavy (non-hydrogen) atoms. The van der Waals surface area contributed by atoms with Gasteiger partial charge in [-0.05, 0) is 43.5 Å². The number of fused-ring (bicyclic) bond motifs is 1. The molecule has 5 rings (SSSR count). The van der Waals surface area contributed by atoms with Crippen LogP contribution in [-0.2, 0) is 6.42 Å². The molecule has 10 heteroatoms. The first-order valence-corrected chi connectivity index (χ1v) is 12.4. The van der Waals surface area contributed by atoms with Gasteiger partial charge in [-0.2, -0.15) is 9.97 Å². The Morgan fingerprint density at radius 3 is 2.70 bits per heavy atom. The van der Waals surface area contributed by atoms with E-state index in [1.165, 1.54) is 6.07 Å². The van der Waals surface area contributed by atoms with Crippen molar-refractivity contribution in [2.45, 2.75) is 20.3 Å². The summed E-state index contributed by atoms with van der Waals surface area (Å²) in [6.07, 6.45) is 8.08. The maximum absolute atomic E-state index is 15.3. The fourth-order valence-electron chi connectivity index (χ4n) is 4.74. The Bertz CT molecular complexity index is 1310. The maximum atomic E-state index is 15.3. The summed E-state index contributed by atoms with van der Waals surface area (Å²) in [4.78, 5) is 17.6. The Hall–Kier alpha value is -3.63. The standard InChI is InChI=1S/C27H30F2N6O2/c1-3-4-18-13-22(30-16-18)31-23-15-24(35-7-5-34(6-8-35)9-10-36)33-27(32-23)37-26-21(28)14-19-11-17(2)12-20(19)25(26)29/h3-4,12-15,36H,5-11,16H2,1-2H3,(H,30,31,32,33)/b4-3-. The number of aromatic nitrogens is 2. The fraction of sp³-hybridized carbons (Fsp3) is 0.370. The van der Waals surface area contributed by atoms with Crippen LogP contribution in [0.15, 0.2) is 46.5 Å². The van der Waals surface area contributed by atoms with Crippen molar-refractivity contribution in [1.29, 1.82) is 0 Å². The number of halogens is 2. The molecular formula is C27H30F2N6O2. The van der Waals surface area contributed by atoms with E-state index in [1.54, 1.807) is 12.1 Å². The normalized spacial score (nSPS) is 17.6. The molecule has 0 atom stereocenters. The van der Waals surface area contributed by atoms with E-state index in [1.807, 2.05) is 32.1 Å². The van der Waals surface area contributed by atoms with Crippen LogP contribution in [-0.4, -0.2) is 71.7 Å². The molecule has 2 aliphatic heterocycles. The van der Waals surface area contributed by atoms with Gasteiger partial charge >= 0.3 is 6.01 Å². The summed E-state index contributed by atoms with van der Waals surface area (Å²) in [7, 11) is 0. The van der Waals surface area contributed by atoms with Gasteiger partial charge in [0.15, 0.2) is 11.6 Å². The molecule has 0 radical (unpaired) electrons. The molecule has 0 bridgehead atoms. The van der Waals surface area contributed by atoms with E-state index in [2.05, 4.69) is 30.1 Å². The lowest BCUT2D eigenvalue weighted by Crippen LogP contribution is -2.47. The van der Waals surface area contributed by atoms with Crippen LogP contribution < -0.4 is 15.0 Å². The zero-order valence-corrected chi connectivity index (χ0v) is 21.0. The minimum Gasteiger partial charge on any atom is -0.418 e. The molecule has 3 aliphatic rings. The third kappa shape index (κ3) is 5.55. The van der Waals surface area contributed by atoms with E-state index in [9.17, 15) is 9.50 Å². The summed E-state index contributed by atoms with van der Waals surface area (Å²) in [5.74, 6) is -0.454. The van der Waals surface area contributed by atoms with Gasteiger partial charge in [-0.25, -0.2) is 8.78 Å². The molecule has 1 aromatic heterocycles. The number of aliphatic imine (C=N–C) groups is 1. The van der Waals surface area contributed by atoms with Gasteiger partial charge in [-0.15, -0.1) is 0 Å². The summed E-state index contributed by atoms with van der Waals surface area (Å²) in [6.45, 7) is 7.96. The van der Waals surface area contributed by atoms with Crippen molar-refractivity contribution < 1.29 is 18.6 Å². The number of piperazine rings is 1. The van der Waals surface area contributed by atoms with Crippen LogP contribution in [0.2, 0.25) is 0 Å². The number of nitrogens with zero attached hydrogens (tertiary/aromatic N) is 5. The molecular weight excluding hydrogens is 478 g/mol. The molecule has 0 saturated carbocycles. The summed E-state index contributed by atoms with van der Waals surface area (Å²) < 4.78 is 35.8. The van der Waals surface area contributed by atoms with Gasteiger partial charge in [0.2, 0.25) is 5.75 Å². The Kier molecular flexibility index (Phi) is 7.29. The van der Waals surface area contributed by atoms with Gasteiger partial charge in [-0.3, -0.25) is 9.89 Å². The van der Waals surface area contributed by atoms with Gasteiger partial charge in [-0.1, -0.05) is 23.8 Å². The molecule has 2 N–H and O–H groups in total. The second-order valence-corrected chi connectivity index (χ2v) is 9.34. The monoisotopic (exact) mass is 508 g/mol. The zero-order valence-electron chi connectivity index (χ0n) is 21.0. The highest BCUT2D eigenvalue weighted by atomic mass is 19.1. The van der Waals surface area contributed by atoms with Crippen molar-refractivity contribution in [2.24, 2.45) is 4.99 Å². The second-order valence-electron chi connectivity index (χ2n) is 9.34. The van der Waals surface area contributed by atoms with Crippen molar-refractivity contribution in [3.05, 3.63) is 64.3 Å². The number of anilines is 2. The first-order valence-electron chi connectivity index (χ1n) is 12.4. The molecule has 0 unspecified atom stereocenters. The summed E-state index contributed by atoms with van der Waals surface area (Å²) in [5.41, 5.74) is 2.95.